The van der Waals surface area contributed by atoms with Crippen LogP contribution in [0.25, 0.3) is 0 Å². The van der Waals surface area contributed by atoms with Crippen molar-refractivity contribution in [3.05, 3.63) is 23.8 Å². The molecule has 2 fully saturated rings. The van der Waals surface area contributed by atoms with Crippen LogP contribution in [0.4, 0.5) is 5.69 Å². The van der Waals surface area contributed by atoms with Crippen LogP contribution in [0.5, 0.6) is 0 Å². The molecule has 0 unspecified atom stereocenters. The second-order valence-electron chi connectivity index (χ2n) is 9.23. The first-order valence-corrected chi connectivity index (χ1v) is 12.3. The quantitative estimate of drug-likeness (QED) is 0.733. The van der Waals surface area contributed by atoms with Gasteiger partial charge in [0, 0.05) is 44.8 Å². The number of hydrogen-bond acceptors (Lipinski definition) is 4. The fraction of sp³-hybridized carbons (Fsp3) is 0.636. The third-order valence-electron chi connectivity index (χ3n) is 6.95. The van der Waals surface area contributed by atoms with Crippen LogP contribution in [-0.4, -0.2) is 62.7 Å². The first-order chi connectivity index (χ1) is 14.1. The molecule has 0 atom stereocenters. The Kier molecular flexibility index (Phi) is 5.43. The molecule has 8 heteroatoms. The predicted molar refractivity (Wildman–Crippen MR) is 115 cm³/mol. The maximum absolute atomic E-state index is 13.3. The van der Waals surface area contributed by atoms with E-state index in [9.17, 15) is 18.0 Å². The average Bonchev–Trinajstić information content (AvgIpc) is 2.94. The number of likely N-dealkylation sites (N-methyl/N-ethyl adjacent to an activating group) is 1. The van der Waals surface area contributed by atoms with E-state index in [1.54, 1.807) is 30.1 Å². The summed E-state index contributed by atoms with van der Waals surface area (Å²) in [6, 6.07) is 4.96. The molecule has 0 aliphatic carbocycles. The number of benzene rings is 1. The van der Waals surface area contributed by atoms with Gasteiger partial charge < -0.3 is 9.80 Å². The minimum atomic E-state index is -3.66. The molecule has 3 aliphatic heterocycles. The molecular formula is C22H31N3O4S. The second-order valence-corrected chi connectivity index (χ2v) is 11.2. The number of anilines is 1. The number of hydrogen-bond donors (Lipinski definition) is 0. The molecule has 0 saturated carbocycles. The van der Waals surface area contributed by atoms with Crippen LogP contribution in [0.1, 0.15) is 51.5 Å². The summed E-state index contributed by atoms with van der Waals surface area (Å²) < 4.78 is 28.0. The Morgan fingerprint density at radius 3 is 2.30 bits per heavy atom. The van der Waals surface area contributed by atoms with Gasteiger partial charge in [0.25, 0.3) is 0 Å². The predicted octanol–water partition coefficient (Wildman–Crippen LogP) is 2.35. The van der Waals surface area contributed by atoms with E-state index >= 15 is 0 Å². The highest BCUT2D eigenvalue weighted by molar-refractivity contribution is 7.89. The zero-order valence-corrected chi connectivity index (χ0v) is 18.9. The van der Waals surface area contributed by atoms with Gasteiger partial charge in [0.1, 0.15) is 0 Å². The van der Waals surface area contributed by atoms with Crippen molar-refractivity contribution in [1.29, 1.82) is 0 Å². The molecule has 0 radical (unpaired) electrons. The fourth-order valence-corrected chi connectivity index (χ4v) is 6.47. The van der Waals surface area contributed by atoms with Gasteiger partial charge in [-0.3, -0.25) is 9.59 Å². The van der Waals surface area contributed by atoms with Crippen LogP contribution < -0.4 is 4.90 Å². The van der Waals surface area contributed by atoms with E-state index in [-0.39, 0.29) is 22.6 Å². The minimum absolute atomic E-state index is 0.0379. The van der Waals surface area contributed by atoms with E-state index in [0.717, 1.165) is 37.2 Å². The van der Waals surface area contributed by atoms with Gasteiger partial charge in [-0.05, 0) is 69.7 Å². The van der Waals surface area contributed by atoms with Gasteiger partial charge in [-0.1, -0.05) is 0 Å². The highest BCUT2D eigenvalue weighted by Gasteiger charge is 2.43. The molecule has 2 amide bonds. The topological polar surface area (TPSA) is 78.0 Å². The number of fused-ring (bicyclic) bond motifs is 1. The van der Waals surface area contributed by atoms with Crippen LogP contribution in [0.2, 0.25) is 0 Å². The summed E-state index contributed by atoms with van der Waals surface area (Å²) in [6.07, 6.45) is 4.43. The summed E-state index contributed by atoms with van der Waals surface area (Å²) in [6.45, 7) is 6.01. The van der Waals surface area contributed by atoms with Crippen molar-refractivity contribution in [1.82, 2.24) is 9.21 Å². The third kappa shape index (κ3) is 3.43. The van der Waals surface area contributed by atoms with Crippen LogP contribution in [0.3, 0.4) is 0 Å². The van der Waals surface area contributed by atoms with Crippen LogP contribution in [0.15, 0.2) is 23.1 Å². The molecule has 0 N–H and O–H groups in total. The molecular weight excluding hydrogens is 402 g/mol. The lowest BCUT2D eigenvalue weighted by atomic mass is 9.86. The standard InChI is InChI=1S/C22H31N3O4S/c1-22(2)18-15-17(7-8-19(18)23(3)21(22)27)30(28,29)25-13-9-16(10-14-25)20(26)24-11-5-4-6-12-24/h7-8,15-16H,4-6,9-14H2,1-3H3. The van der Waals surface area contributed by atoms with E-state index in [2.05, 4.69) is 0 Å². The Labute approximate surface area is 179 Å². The molecule has 164 valence electrons. The monoisotopic (exact) mass is 433 g/mol. The highest BCUT2D eigenvalue weighted by Crippen LogP contribution is 2.42. The van der Waals surface area contributed by atoms with E-state index < -0.39 is 15.4 Å². The van der Waals surface area contributed by atoms with Crippen LogP contribution in [-0.2, 0) is 25.0 Å². The maximum Gasteiger partial charge on any atom is 0.243 e. The lowest BCUT2D eigenvalue weighted by molar-refractivity contribution is -0.137. The van der Waals surface area contributed by atoms with Gasteiger partial charge in [-0.15, -0.1) is 0 Å². The van der Waals surface area contributed by atoms with Crippen LogP contribution in [0, 0.1) is 5.92 Å². The summed E-state index contributed by atoms with van der Waals surface area (Å²) in [5, 5.41) is 0. The highest BCUT2D eigenvalue weighted by atomic mass is 32.2. The fourth-order valence-electron chi connectivity index (χ4n) is 4.98. The van der Waals surface area contributed by atoms with Crippen molar-refractivity contribution < 1.29 is 18.0 Å². The molecule has 2 saturated heterocycles. The van der Waals surface area contributed by atoms with E-state index in [4.69, 9.17) is 0 Å². The largest absolute Gasteiger partial charge is 0.342 e. The number of rotatable bonds is 3. The number of sulfonamides is 1. The number of likely N-dealkylation sites (tertiary alicyclic amines) is 1. The number of piperidine rings is 2. The van der Waals surface area contributed by atoms with E-state index in [1.165, 1.54) is 10.7 Å². The molecule has 3 heterocycles. The minimum Gasteiger partial charge on any atom is -0.342 e. The maximum atomic E-state index is 13.3. The first kappa shape index (κ1) is 21.3. The summed E-state index contributed by atoms with van der Waals surface area (Å²) in [7, 11) is -1.95. The molecule has 0 aromatic heterocycles. The van der Waals surface area contributed by atoms with Gasteiger partial charge in [0.15, 0.2) is 0 Å². The van der Waals surface area contributed by atoms with Crippen molar-refractivity contribution in [2.75, 3.05) is 38.1 Å². The van der Waals surface area contributed by atoms with Gasteiger partial charge in [-0.25, -0.2) is 8.42 Å². The number of carbonyl (C=O) groups excluding carboxylic acids is 2. The molecule has 0 spiro atoms. The number of nitrogens with zero attached hydrogens (tertiary/aromatic N) is 3. The summed E-state index contributed by atoms with van der Waals surface area (Å²) in [4.78, 5) is 29.0. The zero-order valence-electron chi connectivity index (χ0n) is 18.1. The smallest absolute Gasteiger partial charge is 0.243 e. The van der Waals surface area contributed by atoms with Crippen LogP contribution >= 0.6 is 0 Å². The zero-order chi connectivity index (χ0) is 21.7. The third-order valence-corrected chi connectivity index (χ3v) is 8.85. The van der Waals surface area contributed by atoms with E-state index in [0.29, 0.717) is 25.9 Å². The Balaban J connectivity index is 1.49. The Bertz CT molecular complexity index is 959. The molecule has 7 nitrogen and oxygen atoms in total. The van der Waals surface area contributed by atoms with Crippen molar-refractivity contribution in [3.8, 4) is 0 Å². The summed E-state index contributed by atoms with van der Waals surface area (Å²) in [5.74, 6) is 0.0661. The first-order valence-electron chi connectivity index (χ1n) is 10.9. The number of carbonyl (C=O) groups is 2. The lowest BCUT2D eigenvalue weighted by Gasteiger charge is -2.35. The van der Waals surface area contributed by atoms with Gasteiger partial charge in [0.05, 0.1) is 10.3 Å². The molecule has 0 bridgehead atoms. The second kappa shape index (κ2) is 7.64. The molecule has 30 heavy (non-hydrogen) atoms. The van der Waals surface area contributed by atoms with Crippen molar-refractivity contribution >= 4 is 27.5 Å². The van der Waals surface area contributed by atoms with Gasteiger partial charge in [-0.2, -0.15) is 4.31 Å². The molecule has 4 rings (SSSR count). The van der Waals surface area contributed by atoms with E-state index in [1.807, 2.05) is 18.7 Å². The van der Waals surface area contributed by atoms with Gasteiger partial charge in [0.2, 0.25) is 21.8 Å². The van der Waals surface area contributed by atoms with Gasteiger partial charge >= 0.3 is 0 Å². The van der Waals surface area contributed by atoms with Crippen molar-refractivity contribution in [2.45, 2.75) is 56.3 Å². The molecule has 1 aromatic carbocycles. The number of amides is 2. The lowest BCUT2D eigenvalue weighted by Crippen LogP contribution is -2.45. The summed E-state index contributed by atoms with van der Waals surface area (Å²) >= 11 is 0. The normalized spacial score (nSPS) is 23.0. The van der Waals surface area contributed by atoms with Crippen molar-refractivity contribution in [2.24, 2.45) is 5.92 Å². The molecule has 1 aromatic rings. The Morgan fingerprint density at radius 2 is 1.67 bits per heavy atom. The Morgan fingerprint density at radius 1 is 1.03 bits per heavy atom. The Hall–Kier alpha value is -1.93. The average molecular weight is 434 g/mol. The molecule has 3 aliphatic rings. The SMILES string of the molecule is CN1C(=O)C(C)(C)c2cc(S(=O)(=O)N3CCC(C(=O)N4CCCCC4)CC3)ccc21. The summed E-state index contributed by atoms with van der Waals surface area (Å²) in [5.41, 5.74) is 0.754. The van der Waals surface area contributed by atoms with Crippen molar-refractivity contribution in [3.63, 3.8) is 0 Å².